The van der Waals surface area contributed by atoms with Gasteiger partial charge in [-0.3, -0.25) is 14.5 Å². The molecule has 1 saturated heterocycles. The number of anilines is 1. The van der Waals surface area contributed by atoms with Gasteiger partial charge in [-0.2, -0.15) is 0 Å². The molecule has 7 heteroatoms. The number of benzene rings is 3. The summed E-state index contributed by atoms with van der Waals surface area (Å²) in [5.74, 6) is -1.89. The number of aliphatic hydroxyl groups is 1. The number of halogens is 3. The Bertz CT molecular complexity index is 1230. The summed E-state index contributed by atoms with van der Waals surface area (Å²) in [7, 11) is 0. The molecule has 0 spiro atoms. The fourth-order valence-corrected chi connectivity index (χ4v) is 4.43. The maximum absolute atomic E-state index is 13.1. The average molecular weight is 473 g/mol. The minimum absolute atomic E-state index is 0.0334. The second kappa shape index (κ2) is 8.39. The van der Waals surface area contributed by atoms with Gasteiger partial charge in [-0.05, 0) is 42.8 Å². The molecule has 156 valence electrons. The third-order valence-electron chi connectivity index (χ3n) is 5.03. The standard InChI is InChI=1S/C24H16Cl3NO3/c1-13-4-2-5-14(8-13)21-20(22(29)15-6-3-7-16(25)9-15)23(30)24(31)28(21)19-11-17(26)10-18(27)12-19/h2-12,21,29H,1H3/b22-20+. The van der Waals surface area contributed by atoms with E-state index in [4.69, 9.17) is 34.8 Å². The van der Waals surface area contributed by atoms with Gasteiger partial charge >= 0.3 is 0 Å². The summed E-state index contributed by atoms with van der Waals surface area (Å²) in [6.07, 6.45) is 0. The van der Waals surface area contributed by atoms with Gasteiger partial charge in [-0.1, -0.05) is 76.8 Å². The van der Waals surface area contributed by atoms with Crippen LogP contribution >= 0.6 is 34.8 Å². The first-order valence-electron chi connectivity index (χ1n) is 9.36. The highest BCUT2D eigenvalue weighted by Gasteiger charge is 2.47. The molecule has 1 aliphatic rings. The summed E-state index contributed by atoms with van der Waals surface area (Å²) in [6.45, 7) is 1.91. The molecule has 1 amide bonds. The fraction of sp³-hybridized carbons (Fsp3) is 0.0833. The Hall–Kier alpha value is -2.79. The summed E-state index contributed by atoms with van der Waals surface area (Å²) in [4.78, 5) is 27.6. The normalized spacial score (nSPS) is 17.9. The van der Waals surface area contributed by atoms with Gasteiger partial charge in [-0.15, -0.1) is 0 Å². The van der Waals surface area contributed by atoms with E-state index in [0.29, 0.717) is 31.9 Å². The SMILES string of the molecule is Cc1cccc(C2/C(=C(\O)c3cccc(Cl)c3)C(=O)C(=O)N2c2cc(Cl)cc(Cl)c2)c1. The topological polar surface area (TPSA) is 57.6 Å². The molecule has 31 heavy (non-hydrogen) atoms. The van der Waals surface area contributed by atoms with Crippen LogP contribution in [0, 0.1) is 6.92 Å². The van der Waals surface area contributed by atoms with Crippen LogP contribution in [0.2, 0.25) is 15.1 Å². The first kappa shape index (κ1) is 21.4. The summed E-state index contributed by atoms with van der Waals surface area (Å²) >= 11 is 18.4. The third kappa shape index (κ3) is 4.07. The Morgan fingerprint density at radius 1 is 0.871 bits per heavy atom. The summed E-state index contributed by atoms with van der Waals surface area (Å²) in [5, 5.41) is 12.1. The van der Waals surface area contributed by atoms with Crippen molar-refractivity contribution in [1.82, 2.24) is 0 Å². The minimum Gasteiger partial charge on any atom is -0.507 e. The van der Waals surface area contributed by atoms with Crippen molar-refractivity contribution in [1.29, 1.82) is 0 Å². The van der Waals surface area contributed by atoms with Crippen molar-refractivity contribution in [3.05, 3.63) is 104 Å². The van der Waals surface area contributed by atoms with Crippen molar-refractivity contribution in [2.75, 3.05) is 4.90 Å². The molecule has 4 nitrogen and oxygen atoms in total. The van der Waals surface area contributed by atoms with E-state index < -0.39 is 17.7 Å². The quantitative estimate of drug-likeness (QED) is 0.266. The molecule has 3 aromatic carbocycles. The number of hydrogen-bond acceptors (Lipinski definition) is 3. The minimum atomic E-state index is -0.867. The number of rotatable bonds is 3. The molecular weight excluding hydrogens is 457 g/mol. The molecule has 4 rings (SSSR count). The van der Waals surface area contributed by atoms with Gasteiger partial charge in [0.05, 0.1) is 11.6 Å². The van der Waals surface area contributed by atoms with Crippen molar-refractivity contribution in [3.63, 3.8) is 0 Å². The third-order valence-corrected chi connectivity index (χ3v) is 5.70. The number of ketones is 1. The van der Waals surface area contributed by atoms with E-state index in [1.807, 2.05) is 25.1 Å². The van der Waals surface area contributed by atoms with Crippen LogP contribution in [0.4, 0.5) is 5.69 Å². The molecule has 0 aromatic heterocycles. The van der Waals surface area contributed by atoms with Crippen LogP contribution in [0.1, 0.15) is 22.7 Å². The molecule has 3 aromatic rings. The second-order valence-electron chi connectivity index (χ2n) is 7.22. The predicted octanol–water partition coefficient (Wildman–Crippen LogP) is 6.58. The average Bonchev–Trinajstić information content (AvgIpc) is 2.98. The molecule has 1 heterocycles. The fourth-order valence-electron chi connectivity index (χ4n) is 3.72. The number of aliphatic hydroxyl groups excluding tert-OH is 1. The second-order valence-corrected chi connectivity index (χ2v) is 8.53. The number of carbonyl (C=O) groups is 2. The predicted molar refractivity (Wildman–Crippen MR) is 124 cm³/mol. The molecule has 1 aliphatic heterocycles. The lowest BCUT2D eigenvalue weighted by atomic mass is 9.94. The Labute approximate surface area is 194 Å². The lowest BCUT2D eigenvalue weighted by Crippen LogP contribution is -2.29. The van der Waals surface area contributed by atoms with Gasteiger partial charge in [0.15, 0.2) is 0 Å². The van der Waals surface area contributed by atoms with Gasteiger partial charge < -0.3 is 5.11 Å². The lowest BCUT2D eigenvalue weighted by Gasteiger charge is -2.26. The highest BCUT2D eigenvalue weighted by atomic mass is 35.5. The molecule has 1 fully saturated rings. The maximum Gasteiger partial charge on any atom is 0.300 e. The Morgan fingerprint density at radius 3 is 2.19 bits per heavy atom. The Balaban J connectivity index is 1.99. The van der Waals surface area contributed by atoms with Gasteiger partial charge in [0, 0.05) is 26.3 Å². The molecule has 0 saturated carbocycles. The van der Waals surface area contributed by atoms with Crippen LogP contribution in [0.3, 0.4) is 0 Å². The number of hydrogen-bond donors (Lipinski definition) is 1. The first-order valence-corrected chi connectivity index (χ1v) is 10.5. The largest absolute Gasteiger partial charge is 0.507 e. The van der Waals surface area contributed by atoms with Crippen molar-refractivity contribution in [2.45, 2.75) is 13.0 Å². The van der Waals surface area contributed by atoms with Crippen LogP contribution in [0.15, 0.2) is 72.3 Å². The molecule has 0 bridgehead atoms. The van der Waals surface area contributed by atoms with Crippen LogP contribution in [0.25, 0.3) is 5.76 Å². The van der Waals surface area contributed by atoms with E-state index in [-0.39, 0.29) is 11.3 Å². The van der Waals surface area contributed by atoms with Crippen molar-refractivity contribution in [2.24, 2.45) is 0 Å². The monoisotopic (exact) mass is 471 g/mol. The van der Waals surface area contributed by atoms with Gasteiger partial charge in [0.25, 0.3) is 11.7 Å². The van der Waals surface area contributed by atoms with Crippen LogP contribution in [-0.4, -0.2) is 16.8 Å². The molecule has 0 radical (unpaired) electrons. The smallest absolute Gasteiger partial charge is 0.300 e. The maximum atomic E-state index is 13.1. The number of Topliss-reactive ketones (excluding diaryl/α,β-unsaturated/α-hetero) is 1. The first-order chi connectivity index (χ1) is 14.8. The number of amides is 1. The van der Waals surface area contributed by atoms with Gasteiger partial charge in [0.2, 0.25) is 0 Å². The van der Waals surface area contributed by atoms with Gasteiger partial charge in [0.1, 0.15) is 5.76 Å². The Morgan fingerprint density at radius 2 is 1.55 bits per heavy atom. The number of nitrogens with zero attached hydrogens (tertiary/aromatic N) is 1. The lowest BCUT2D eigenvalue weighted by molar-refractivity contribution is -0.132. The molecule has 1 N–H and O–H groups in total. The van der Waals surface area contributed by atoms with Crippen molar-refractivity contribution in [3.8, 4) is 0 Å². The van der Waals surface area contributed by atoms with Crippen LogP contribution in [-0.2, 0) is 9.59 Å². The zero-order valence-corrected chi connectivity index (χ0v) is 18.5. The number of aryl methyl sites for hydroxylation is 1. The van der Waals surface area contributed by atoms with Crippen molar-refractivity contribution >= 4 is 57.9 Å². The van der Waals surface area contributed by atoms with E-state index in [9.17, 15) is 14.7 Å². The molecule has 1 unspecified atom stereocenters. The zero-order chi connectivity index (χ0) is 22.3. The van der Waals surface area contributed by atoms with E-state index >= 15 is 0 Å². The van der Waals surface area contributed by atoms with E-state index in [1.165, 1.54) is 17.0 Å². The Kier molecular flexibility index (Phi) is 5.80. The highest BCUT2D eigenvalue weighted by molar-refractivity contribution is 6.52. The summed E-state index contributed by atoms with van der Waals surface area (Å²) in [6, 6.07) is 17.7. The van der Waals surface area contributed by atoms with E-state index in [0.717, 1.165) is 5.56 Å². The van der Waals surface area contributed by atoms with Gasteiger partial charge in [-0.25, -0.2) is 0 Å². The number of carbonyl (C=O) groups excluding carboxylic acids is 2. The summed E-state index contributed by atoms with van der Waals surface area (Å²) in [5.41, 5.74) is 2.27. The molecule has 0 aliphatic carbocycles. The van der Waals surface area contributed by atoms with E-state index in [1.54, 1.807) is 36.4 Å². The summed E-state index contributed by atoms with van der Waals surface area (Å²) < 4.78 is 0. The molecular formula is C24H16Cl3NO3. The highest BCUT2D eigenvalue weighted by Crippen LogP contribution is 2.43. The van der Waals surface area contributed by atoms with Crippen LogP contribution in [0.5, 0.6) is 0 Å². The zero-order valence-electron chi connectivity index (χ0n) is 16.3. The van der Waals surface area contributed by atoms with E-state index in [2.05, 4.69) is 0 Å². The van der Waals surface area contributed by atoms with Crippen molar-refractivity contribution < 1.29 is 14.7 Å². The van der Waals surface area contributed by atoms with Crippen LogP contribution < -0.4 is 4.90 Å². The molecule has 1 atom stereocenters.